The zero-order chi connectivity index (χ0) is 13.4. The monoisotopic (exact) mass is 272 g/mol. The molecule has 20 heavy (non-hydrogen) atoms. The van der Waals surface area contributed by atoms with Gasteiger partial charge in [-0.2, -0.15) is 0 Å². The summed E-state index contributed by atoms with van der Waals surface area (Å²) in [6, 6.07) is 0. The highest BCUT2D eigenvalue weighted by molar-refractivity contribution is 5.08. The summed E-state index contributed by atoms with van der Waals surface area (Å²) in [6.45, 7) is 5.19. The SMILES string of the molecule is CC1CC2CC3CCC4CCCC(C5CC(C)C1C25)C43. The van der Waals surface area contributed by atoms with Crippen LogP contribution in [0.4, 0.5) is 0 Å². The van der Waals surface area contributed by atoms with Crippen molar-refractivity contribution in [1.29, 1.82) is 0 Å². The summed E-state index contributed by atoms with van der Waals surface area (Å²) < 4.78 is 0. The molecule has 0 saturated heterocycles. The van der Waals surface area contributed by atoms with Crippen molar-refractivity contribution in [2.24, 2.45) is 59.2 Å². The van der Waals surface area contributed by atoms with Crippen LogP contribution in [0.25, 0.3) is 0 Å². The highest BCUT2D eigenvalue weighted by atomic mass is 14.6. The molecular formula is C20H32. The summed E-state index contributed by atoms with van der Waals surface area (Å²) >= 11 is 0. The molecule has 0 spiro atoms. The molecule has 0 amide bonds. The molecule has 5 aliphatic carbocycles. The molecule has 10 unspecified atom stereocenters. The average Bonchev–Trinajstić information content (AvgIpc) is 3.05. The summed E-state index contributed by atoms with van der Waals surface area (Å²) in [7, 11) is 0. The third-order valence-electron chi connectivity index (χ3n) is 8.87. The fourth-order valence-corrected chi connectivity index (χ4v) is 8.72. The van der Waals surface area contributed by atoms with Gasteiger partial charge in [0.2, 0.25) is 0 Å². The van der Waals surface area contributed by atoms with Crippen LogP contribution >= 0.6 is 0 Å². The average molecular weight is 272 g/mol. The summed E-state index contributed by atoms with van der Waals surface area (Å²) in [5, 5.41) is 0. The van der Waals surface area contributed by atoms with Gasteiger partial charge in [-0.3, -0.25) is 0 Å². The predicted molar refractivity (Wildman–Crippen MR) is 83.2 cm³/mol. The van der Waals surface area contributed by atoms with Crippen LogP contribution in [0, 0.1) is 59.2 Å². The first-order chi connectivity index (χ1) is 9.74. The van der Waals surface area contributed by atoms with E-state index < -0.39 is 0 Å². The highest BCUT2D eigenvalue weighted by Gasteiger charge is 2.59. The van der Waals surface area contributed by atoms with Crippen molar-refractivity contribution in [3.05, 3.63) is 0 Å². The summed E-state index contributed by atoms with van der Waals surface area (Å²) in [6.07, 6.45) is 12.8. The van der Waals surface area contributed by atoms with Gasteiger partial charge in [0, 0.05) is 0 Å². The zero-order valence-corrected chi connectivity index (χ0v) is 13.4. The molecule has 0 heterocycles. The van der Waals surface area contributed by atoms with Crippen molar-refractivity contribution in [1.82, 2.24) is 0 Å². The van der Waals surface area contributed by atoms with Gasteiger partial charge in [0.05, 0.1) is 0 Å². The topological polar surface area (TPSA) is 0 Å². The standard InChI is InChI=1S/C20H32/c1-11-8-15-10-14-7-6-13-4-3-5-16(19(13)14)17-9-12(2)18(11)20(15)17/h11-20H,3-10H2,1-2H3. The Hall–Kier alpha value is 0. The lowest BCUT2D eigenvalue weighted by Crippen LogP contribution is -2.33. The maximum absolute atomic E-state index is 2.60. The van der Waals surface area contributed by atoms with Gasteiger partial charge in [0.1, 0.15) is 0 Å². The third-order valence-corrected chi connectivity index (χ3v) is 8.87. The molecule has 0 N–H and O–H groups in total. The summed E-state index contributed by atoms with van der Waals surface area (Å²) in [5.41, 5.74) is 0. The van der Waals surface area contributed by atoms with E-state index in [2.05, 4.69) is 13.8 Å². The molecule has 0 aromatic heterocycles. The minimum Gasteiger partial charge on any atom is -0.0622 e. The Balaban J connectivity index is 1.55. The molecule has 0 nitrogen and oxygen atoms in total. The van der Waals surface area contributed by atoms with Gasteiger partial charge in [0.15, 0.2) is 0 Å². The van der Waals surface area contributed by atoms with E-state index in [1.807, 2.05) is 0 Å². The van der Waals surface area contributed by atoms with Gasteiger partial charge in [0.25, 0.3) is 0 Å². The van der Waals surface area contributed by atoms with Gasteiger partial charge in [-0.1, -0.05) is 26.7 Å². The van der Waals surface area contributed by atoms with Crippen LogP contribution in [0.1, 0.15) is 65.2 Å². The molecule has 5 rings (SSSR count). The summed E-state index contributed by atoms with van der Waals surface area (Å²) in [4.78, 5) is 0. The van der Waals surface area contributed by atoms with Crippen molar-refractivity contribution in [2.45, 2.75) is 65.2 Å². The van der Waals surface area contributed by atoms with E-state index in [1.165, 1.54) is 5.92 Å². The maximum Gasteiger partial charge on any atom is -0.0321 e. The molecule has 0 radical (unpaired) electrons. The molecule has 5 fully saturated rings. The van der Waals surface area contributed by atoms with Crippen LogP contribution in [0.5, 0.6) is 0 Å². The second kappa shape index (κ2) is 4.26. The second-order valence-electron chi connectivity index (χ2n) is 9.51. The van der Waals surface area contributed by atoms with Gasteiger partial charge in [-0.25, -0.2) is 0 Å². The molecule has 5 aliphatic rings. The van der Waals surface area contributed by atoms with Gasteiger partial charge in [-0.15, -0.1) is 0 Å². The Labute approximate surface area is 125 Å². The molecule has 112 valence electrons. The van der Waals surface area contributed by atoms with Gasteiger partial charge < -0.3 is 0 Å². The minimum absolute atomic E-state index is 1.04. The molecule has 0 aromatic rings. The number of rotatable bonds is 0. The van der Waals surface area contributed by atoms with Crippen molar-refractivity contribution >= 4 is 0 Å². The van der Waals surface area contributed by atoms with Crippen LogP contribution < -0.4 is 0 Å². The third kappa shape index (κ3) is 1.49. The van der Waals surface area contributed by atoms with E-state index in [1.54, 1.807) is 51.4 Å². The van der Waals surface area contributed by atoms with E-state index in [4.69, 9.17) is 0 Å². The molecule has 5 saturated carbocycles. The lowest BCUT2D eigenvalue weighted by molar-refractivity contribution is 0.0882. The van der Waals surface area contributed by atoms with Gasteiger partial charge in [-0.05, 0) is 97.7 Å². The van der Waals surface area contributed by atoms with Crippen LogP contribution in [-0.2, 0) is 0 Å². The Morgan fingerprint density at radius 2 is 1.35 bits per heavy atom. The first kappa shape index (κ1) is 12.5. The predicted octanol–water partition coefficient (Wildman–Crippen LogP) is 5.38. The Kier molecular flexibility index (Phi) is 2.67. The van der Waals surface area contributed by atoms with Crippen LogP contribution in [0.15, 0.2) is 0 Å². The quantitative estimate of drug-likeness (QED) is 0.555. The van der Waals surface area contributed by atoms with Gasteiger partial charge >= 0.3 is 0 Å². The Morgan fingerprint density at radius 1 is 0.550 bits per heavy atom. The highest BCUT2D eigenvalue weighted by Crippen LogP contribution is 2.66. The fraction of sp³-hybridized carbons (Fsp3) is 1.00. The van der Waals surface area contributed by atoms with Crippen molar-refractivity contribution in [3.8, 4) is 0 Å². The zero-order valence-electron chi connectivity index (χ0n) is 13.4. The maximum atomic E-state index is 2.60. The van der Waals surface area contributed by atoms with Crippen molar-refractivity contribution < 1.29 is 0 Å². The van der Waals surface area contributed by atoms with E-state index in [0.29, 0.717) is 0 Å². The second-order valence-corrected chi connectivity index (χ2v) is 9.51. The Bertz CT molecular complexity index is 399. The normalized spacial score (nSPS) is 63.9. The van der Waals surface area contributed by atoms with E-state index in [-0.39, 0.29) is 0 Å². The molecule has 10 atom stereocenters. The Morgan fingerprint density at radius 3 is 2.25 bits per heavy atom. The van der Waals surface area contributed by atoms with E-state index >= 15 is 0 Å². The number of fused-ring (bicyclic) bond motifs is 1. The first-order valence-electron chi connectivity index (χ1n) is 9.74. The number of hydrogen-bond acceptors (Lipinski definition) is 0. The van der Waals surface area contributed by atoms with Crippen LogP contribution in [0.3, 0.4) is 0 Å². The molecule has 0 heteroatoms. The van der Waals surface area contributed by atoms with Crippen LogP contribution in [-0.4, -0.2) is 0 Å². The molecule has 0 aromatic carbocycles. The van der Waals surface area contributed by atoms with Crippen molar-refractivity contribution in [2.75, 3.05) is 0 Å². The van der Waals surface area contributed by atoms with E-state index in [9.17, 15) is 0 Å². The smallest absolute Gasteiger partial charge is 0.0321 e. The summed E-state index contributed by atoms with van der Waals surface area (Å²) in [5.74, 6) is 11.3. The first-order valence-corrected chi connectivity index (χ1v) is 9.74. The van der Waals surface area contributed by atoms with E-state index in [0.717, 1.165) is 53.3 Å². The fourth-order valence-electron chi connectivity index (χ4n) is 8.72. The molecule has 0 aliphatic heterocycles. The minimum atomic E-state index is 1.04. The van der Waals surface area contributed by atoms with Crippen molar-refractivity contribution in [3.63, 3.8) is 0 Å². The molecule has 0 bridgehead atoms. The molecular weight excluding hydrogens is 240 g/mol. The van der Waals surface area contributed by atoms with Crippen LogP contribution in [0.2, 0.25) is 0 Å². The lowest BCUT2D eigenvalue weighted by atomic mass is 9.65. The largest absolute Gasteiger partial charge is 0.0622 e. The number of hydrogen-bond donors (Lipinski definition) is 0. The lowest BCUT2D eigenvalue weighted by Gasteiger charge is -2.40.